The minimum atomic E-state index is -0.116. The Labute approximate surface area is 110 Å². The fourth-order valence-electron chi connectivity index (χ4n) is 1.75. The molecule has 1 aromatic heterocycles. The van der Waals surface area contributed by atoms with Gasteiger partial charge in [-0.25, -0.2) is 0 Å². The van der Waals surface area contributed by atoms with Gasteiger partial charge in [-0.05, 0) is 31.0 Å². The average molecular weight is 249 g/mol. The molecule has 0 unspecified atom stereocenters. The van der Waals surface area contributed by atoms with Crippen molar-refractivity contribution < 1.29 is 9.53 Å². The zero-order valence-electron chi connectivity index (χ0n) is 11.4. The average Bonchev–Trinajstić information content (AvgIpc) is 2.36. The van der Waals surface area contributed by atoms with Crippen LogP contribution >= 0.6 is 0 Å². The Hall–Kier alpha value is -1.38. The van der Waals surface area contributed by atoms with Gasteiger partial charge in [0.15, 0.2) is 0 Å². The van der Waals surface area contributed by atoms with Crippen molar-refractivity contribution in [3.8, 4) is 0 Å². The van der Waals surface area contributed by atoms with Crippen molar-refractivity contribution in [2.24, 2.45) is 0 Å². The first-order chi connectivity index (χ1) is 8.72. The molecule has 0 fully saturated rings. The van der Waals surface area contributed by atoms with Crippen LogP contribution in [0.25, 0.3) is 0 Å². The highest BCUT2D eigenvalue weighted by Crippen LogP contribution is 2.04. The molecule has 100 valence electrons. The number of esters is 1. The molecule has 0 atom stereocenters. The van der Waals surface area contributed by atoms with Crippen molar-refractivity contribution in [1.29, 1.82) is 0 Å². The van der Waals surface area contributed by atoms with Crippen molar-refractivity contribution >= 4 is 5.97 Å². The number of pyridine rings is 1. The molecule has 0 N–H and O–H groups in total. The van der Waals surface area contributed by atoms with Crippen LogP contribution in [0.4, 0.5) is 0 Å². The highest BCUT2D eigenvalue weighted by molar-refractivity contribution is 5.69. The van der Waals surface area contributed by atoms with E-state index in [2.05, 4.69) is 11.9 Å². The van der Waals surface area contributed by atoms with Crippen LogP contribution in [-0.2, 0) is 16.0 Å². The van der Waals surface area contributed by atoms with Gasteiger partial charge in [0, 0.05) is 18.3 Å². The minimum absolute atomic E-state index is 0.116. The molecule has 0 aliphatic carbocycles. The summed E-state index contributed by atoms with van der Waals surface area (Å²) in [6, 6.07) is 3.96. The maximum absolute atomic E-state index is 11.5. The lowest BCUT2D eigenvalue weighted by Crippen LogP contribution is -2.07. The smallest absolute Gasteiger partial charge is 0.306 e. The van der Waals surface area contributed by atoms with Crippen LogP contribution in [0.15, 0.2) is 18.3 Å². The summed E-state index contributed by atoms with van der Waals surface area (Å²) in [5.41, 5.74) is 2.13. The molecule has 18 heavy (non-hydrogen) atoms. The topological polar surface area (TPSA) is 39.2 Å². The summed E-state index contributed by atoms with van der Waals surface area (Å²) >= 11 is 0. The summed E-state index contributed by atoms with van der Waals surface area (Å²) in [6.07, 6.45) is 7.39. The zero-order valence-corrected chi connectivity index (χ0v) is 11.4. The molecule has 0 aromatic carbocycles. The highest BCUT2D eigenvalue weighted by Gasteiger charge is 2.04. The molecule has 0 saturated carbocycles. The van der Waals surface area contributed by atoms with E-state index in [1.807, 2.05) is 19.1 Å². The fourth-order valence-corrected chi connectivity index (χ4v) is 1.75. The number of carbonyl (C=O) groups excluding carboxylic acids is 1. The van der Waals surface area contributed by atoms with Crippen LogP contribution in [0, 0.1) is 6.92 Å². The third kappa shape index (κ3) is 6.38. The molecule has 0 bridgehead atoms. The van der Waals surface area contributed by atoms with Gasteiger partial charge in [0.05, 0.1) is 13.0 Å². The summed E-state index contributed by atoms with van der Waals surface area (Å²) in [7, 11) is 0. The van der Waals surface area contributed by atoms with E-state index in [9.17, 15) is 4.79 Å². The van der Waals surface area contributed by atoms with Crippen molar-refractivity contribution in [3.05, 3.63) is 29.6 Å². The van der Waals surface area contributed by atoms with E-state index < -0.39 is 0 Å². The summed E-state index contributed by atoms with van der Waals surface area (Å²) in [4.78, 5) is 15.7. The van der Waals surface area contributed by atoms with Crippen LogP contribution < -0.4 is 0 Å². The molecule has 0 saturated heterocycles. The number of nitrogens with zero attached hydrogens (tertiary/aromatic N) is 1. The van der Waals surface area contributed by atoms with Gasteiger partial charge in [-0.15, -0.1) is 0 Å². The Morgan fingerprint density at radius 3 is 2.89 bits per heavy atom. The van der Waals surface area contributed by atoms with Gasteiger partial charge in [0.25, 0.3) is 0 Å². The normalized spacial score (nSPS) is 10.3. The van der Waals surface area contributed by atoms with Crippen LogP contribution in [0.2, 0.25) is 0 Å². The van der Waals surface area contributed by atoms with Gasteiger partial charge in [0.2, 0.25) is 0 Å². The molecule has 1 aromatic rings. The molecule has 0 amide bonds. The molecule has 3 nitrogen and oxygen atoms in total. The molecule has 1 rings (SSSR count). The predicted octanol–water partition coefficient (Wildman–Crippen LogP) is 3.45. The number of hydrogen-bond donors (Lipinski definition) is 0. The first kappa shape index (κ1) is 14.7. The van der Waals surface area contributed by atoms with Gasteiger partial charge >= 0.3 is 5.97 Å². The Morgan fingerprint density at radius 2 is 2.17 bits per heavy atom. The van der Waals surface area contributed by atoms with Crippen molar-refractivity contribution in [2.45, 2.75) is 52.4 Å². The lowest BCUT2D eigenvalue weighted by Gasteiger charge is -2.04. The molecular formula is C15H23NO2. The third-order valence-electron chi connectivity index (χ3n) is 2.82. The van der Waals surface area contributed by atoms with E-state index >= 15 is 0 Å². The van der Waals surface area contributed by atoms with E-state index in [4.69, 9.17) is 4.74 Å². The lowest BCUT2D eigenvalue weighted by molar-refractivity contribution is -0.143. The third-order valence-corrected chi connectivity index (χ3v) is 2.82. The molecular weight excluding hydrogens is 226 g/mol. The van der Waals surface area contributed by atoms with Crippen LogP contribution in [0.1, 0.15) is 50.3 Å². The summed E-state index contributed by atoms with van der Waals surface area (Å²) in [5, 5.41) is 0. The van der Waals surface area contributed by atoms with Gasteiger partial charge in [0.1, 0.15) is 0 Å². The first-order valence-corrected chi connectivity index (χ1v) is 6.79. The molecule has 0 aliphatic rings. The Morgan fingerprint density at radius 1 is 1.33 bits per heavy atom. The van der Waals surface area contributed by atoms with E-state index in [0.717, 1.165) is 18.5 Å². The fraction of sp³-hybridized carbons (Fsp3) is 0.600. The quantitative estimate of drug-likeness (QED) is 0.523. The zero-order chi connectivity index (χ0) is 13.2. The van der Waals surface area contributed by atoms with E-state index in [1.165, 1.54) is 18.4 Å². The van der Waals surface area contributed by atoms with E-state index in [-0.39, 0.29) is 5.97 Å². The first-order valence-electron chi connectivity index (χ1n) is 6.79. The minimum Gasteiger partial charge on any atom is -0.466 e. The molecule has 1 heterocycles. The second kappa shape index (κ2) is 8.67. The second-order valence-electron chi connectivity index (χ2n) is 4.61. The van der Waals surface area contributed by atoms with Gasteiger partial charge in [-0.3, -0.25) is 9.78 Å². The number of hydrogen-bond acceptors (Lipinski definition) is 3. The Kier molecular flexibility index (Phi) is 7.07. The molecule has 0 radical (unpaired) electrons. The monoisotopic (exact) mass is 249 g/mol. The number of ether oxygens (including phenoxy) is 1. The maximum atomic E-state index is 11.5. The van der Waals surface area contributed by atoms with Gasteiger partial charge in [-0.2, -0.15) is 0 Å². The summed E-state index contributed by atoms with van der Waals surface area (Å²) in [6.45, 7) is 4.75. The molecule has 0 aliphatic heterocycles. The van der Waals surface area contributed by atoms with Gasteiger partial charge < -0.3 is 4.74 Å². The molecule has 3 heteroatoms. The second-order valence-corrected chi connectivity index (χ2v) is 4.61. The Balaban J connectivity index is 2.13. The maximum Gasteiger partial charge on any atom is 0.306 e. The van der Waals surface area contributed by atoms with Crippen molar-refractivity contribution in [3.63, 3.8) is 0 Å². The van der Waals surface area contributed by atoms with Crippen LogP contribution in [0.3, 0.4) is 0 Å². The SMILES string of the molecule is CCCCCCOC(=O)CCc1cc(C)ccn1. The summed E-state index contributed by atoms with van der Waals surface area (Å²) < 4.78 is 5.17. The number of unbranched alkanes of at least 4 members (excludes halogenated alkanes) is 3. The lowest BCUT2D eigenvalue weighted by atomic mass is 10.2. The number of aromatic nitrogens is 1. The number of carbonyl (C=O) groups is 1. The largest absolute Gasteiger partial charge is 0.466 e. The van der Waals surface area contributed by atoms with E-state index in [0.29, 0.717) is 19.4 Å². The number of rotatable bonds is 8. The van der Waals surface area contributed by atoms with Crippen LogP contribution in [-0.4, -0.2) is 17.6 Å². The highest BCUT2D eigenvalue weighted by atomic mass is 16.5. The molecule has 0 spiro atoms. The predicted molar refractivity (Wildman–Crippen MR) is 72.4 cm³/mol. The van der Waals surface area contributed by atoms with Crippen LogP contribution in [0.5, 0.6) is 0 Å². The van der Waals surface area contributed by atoms with Crippen molar-refractivity contribution in [1.82, 2.24) is 4.98 Å². The van der Waals surface area contributed by atoms with E-state index in [1.54, 1.807) is 6.20 Å². The van der Waals surface area contributed by atoms with Crippen molar-refractivity contribution in [2.75, 3.05) is 6.61 Å². The Bertz CT molecular complexity index is 363. The van der Waals surface area contributed by atoms with Gasteiger partial charge in [-0.1, -0.05) is 26.2 Å². The summed E-state index contributed by atoms with van der Waals surface area (Å²) in [5.74, 6) is -0.116. The standard InChI is InChI=1S/C15H23NO2/c1-3-4-5-6-11-18-15(17)8-7-14-12-13(2)9-10-16-14/h9-10,12H,3-8,11H2,1-2H3. The number of aryl methyl sites for hydroxylation is 2.